The zero-order valence-electron chi connectivity index (χ0n) is 16.3. The Morgan fingerprint density at radius 3 is 2.62 bits per heavy atom. The first kappa shape index (κ1) is 19.2. The summed E-state index contributed by atoms with van der Waals surface area (Å²) >= 11 is 1.44. The van der Waals surface area contributed by atoms with E-state index in [1.54, 1.807) is 18.2 Å². The van der Waals surface area contributed by atoms with Gasteiger partial charge in [0.25, 0.3) is 0 Å². The van der Waals surface area contributed by atoms with E-state index in [0.717, 1.165) is 27.6 Å². The molecular weight excluding hydrogens is 382 g/mol. The molecule has 1 amide bonds. The number of thioether (sulfide) groups is 1. The van der Waals surface area contributed by atoms with Crippen molar-refractivity contribution in [2.24, 2.45) is 10.2 Å². The number of fused-ring (bicyclic) bond motifs is 1. The molecule has 3 aromatic carbocycles. The Morgan fingerprint density at radius 2 is 1.83 bits per heavy atom. The van der Waals surface area contributed by atoms with Crippen LogP contribution in [0.25, 0.3) is 10.8 Å². The van der Waals surface area contributed by atoms with Crippen LogP contribution >= 0.6 is 11.8 Å². The molecule has 1 aliphatic heterocycles. The van der Waals surface area contributed by atoms with Crippen LogP contribution in [0.1, 0.15) is 18.1 Å². The molecule has 1 heterocycles. The van der Waals surface area contributed by atoms with Crippen molar-refractivity contribution in [1.29, 1.82) is 0 Å². The summed E-state index contributed by atoms with van der Waals surface area (Å²) in [4.78, 5) is 14.4. The second kappa shape index (κ2) is 8.49. The second-order valence-electron chi connectivity index (χ2n) is 6.72. The van der Waals surface area contributed by atoms with Gasteiger partial charge >= 0.3 is 0 Å². The number of ether oxygens (including phenoxy) is 1. The van der Waals surface area contributed by atoms with Crippen LogP contribution in [0.2, 0.25) is 0 Å². The van der Waals surface area contributed by atoms with E-state index >= 15 is 0 Å². The first-order chi connectivity index (χ1) is 14.2. The largest absolute Gasteiger partial charge is 0.497 e. The van der Waals surface area contributed by atoms with Gasteiger partial charge in [0.05, 0.1) is 25.1 Å². The summed E-state index contributed by atoms with van der Waals surface area (Å²) in [5, 5.41) is 11.3. The third kappa shape index (κ3) is 4.17. The van der Waals surface area contributed by atoms with Gasteiger partial charge in [0.15, 0.2) is 5.17 Å². The Labute approximate surface area is 174 Å². The summed E-state index contributed by atoms with van der Waals surface area (Å²) in [6.45, 7) is 2.38. The Hall–Kier alpha value is -3.12. The molecule has 0 bridgehead atoms. The van der Waals surface area contributed by atoms with E-state index in [1.165, 1.54) is 11.8 Å². The number of rotatable bonds is 5. The van der Waals surface area contributed by atoms with Crippen LogP contribution in [-0.4, -0.2) is 34.5 Å². The monoisotopic (exact) mass is 403 g/mol. The Kier molecular flexibility index (Phi) is 5.62. The van der Waals surface area contributed by atoms with Crippen molar-refractivity contribution in [3.05, 3.63) is 77.9 Å². The molecular formula is C23H21N3O2S. The van der Waals surface area contributed by atoms with Crippen LogP contribution in [0.5, 0.6) is 5.75 Å². The Balaban J connectivity index is 1.58. The Bertz CT molecular complexity index is 1090. The predicted molar refractivity (Wildman–Crippen MR) is 120 cm³/mol. The molecule has 6 heteroatoms. The standard InChI is InChI=1S/C23H21N3O2S/c1-16-22(27)26(15-19-8-5-7-18-6-3-4-9-21(18)19)23(29-16)25-24-14-17-10-12-20(28-2)13-11-17/h3-14,16H,15H2,1-2H3/b24-14-,25-23-/t16-/m1/s1. The quantitative estimate of drug-likeness (QED) is 0.458. The highest BCUT2D eigenvalue weighted by Crippen LogP contribution is 2.30. The van der Waals surface area contributed by atoms with E-state index in [9.17, 15) is 4.79 Å². The van der Waals surface area contributed by atoms with Gasteiger partial charge in [-0.3, -0.25) is 9.69 Å². The fraction of sp³-hybridized carbons (Fsp3) is 0.174. The lowest BCUT2D eigenvalue weighted by atomic mass is 10.0. The number of benzene rings is 3. The molecule has 0 aromatic heterocycles. The van der Waals surface area contributed by atoms with E-state index < -0.39 is 0 Å². The van der Waals surface area contributed by atoms with Gasteiger partial charge in [-0.15, -0.1) is 5.10 Å². The van der Waals surface area contributed by atoms with Gasteiger partial charge in [-0.25, -0.2) is 0 Å². The maximum atomic E-state index is 12.7. The lowest BCUT2D eigenvalue weighted by Gasteiger charge is -2.17. The molecule has 0 radical (unpaired) electrons. The van der Waals surface area contributed by atoms with Crippen LogP contribution in [0.3, 0.4) is 0 Å². The maximum Gasteiger partial charge on any atom is 0.242 e. The highest BCUT2D eigenvalue weighted by atomic mass is 32.2. The fourth-order valence-electron chi connectivity index (χ4n) is 3.24. The molecule has 4 rings (SSSR count). The molecule has 146 valence electrons. The van der Waals surface area contributed by atoms with Gasteiger partial charge in [0, 0.05) is 0 Å². The molecule has 5 nitrogen and oxygen atoms in total. The van der Waals surface area contributed by atoms with Crippen LogP contribution < -0.4 is 4.74 Å². The zero-order chi connectivity index (χ0) is 20.2. The maximum absolute atomic E-state index is 12.7. The molecule has 1 saturated heterocycles. The average molecular weight is 404 g/mol. The van der Waals surface area contributed by atoms with Gasteiger partial charge in [-0.2, -0.15) is 5.10 Å². The zero-order valence-corrected chi connectivity index (χ0v) is 17.1. The molecule has 29 heavy (non-hydrogen) atoms. The van der Waals surface area contributed by atoms with Crippen LogP contribution in [0, 0.1) is 0 Å². The predicted octanol–water partition coefficient (Wildman–Crippen LogP) is 4.70. The normalized spacial score (nSPS) is 18.3. The molecule has 1 atom stereocenters. The van der Waals surface area contributed by atoms with Crippen molar-refractivity contribution in [2.75, 3.05) is 7.11 Å². The summed E-state index contributed by atoms with van der Waals surface area (Å²) in [6.07, 6.45) is 1.68. The molecule has 3 aromatic rings. The molecule has 0 unspecified atom stereocenters. The lowest BCUT2D eigenvalue weighted by molar-refractivity contribution is -0.126. The SMILES string of the molecule is COc1ccc(/C=N\N=C2/S[C@H](C)C(=O)N2Cc2cccc3ccccc23)cc1. The summed E-state index contributed by atoms with van der Waals surface area (Å²) in [7, 11) is 1.63. The van der Waals surface area contributed by atoms with Crippen LogP contribution in [0.4, 0.5) is 0 Å². The van der Waals surface area contributed by atoms with Gasteiger partial charge in [0.1, 0.15) is 5.75 Å². The summed E-state index contributed by atoms with van der Waals surface area (Å²) in [6, 6.07) is 21.9. The minimum Gasteiger partial charge on any atom is -0.497 e. The molecule has 0 saturated carbocycles. The number of carbonyl (C=O) groups excluding carboxylic acids is 1. The minimum absolute atomic E-state index is 0.0568. The number of methoxy groups -OCH3 is 1. The van der Waals surface area contributed by atoms with Crippen molar-refractivity contribution < 1.29 is 9.53 Å². The molecule has 1 aliphatic rings. The fourth-order valence-corrected chi connectivity index (χ4v) is 4.16. The van der Waals surface area contributed by atoms with E-state index in [2.05, 4.69) is 34.5 Å². The second-order valence-corrected chi connectivity index (χ2v) is 8.03. The van der Waals surface area contributed by atoms with E-state index in [1.807, 2.05) is 49.4 Å². The van der Waals surface area contributed by atoms with Crippen LogP contribution in [0.15, 0.2) is 76.9 Å². The third-order valence-electron chi connectivity index (χ3n) is 4.80. The highest BCUT2D eigenvalue weighted by molar-refractivity contribution is 8.15. The van der Waals surface area contributed by atoms with Gasteiger partial charge in [-0.05, 0) is 53.1 Å². The van der Waals surface area contributed by atoms with Gasteiger partial charge < -0.3 is 4.74 Å². The summed E-state index contributed by atoms with van der Waals surface area (Å²) in [5.74, 6) is 0.849. The first-order valence-corrected chi connectivity index (χ1v) is 10.2. The van der Waals surface area contributed by atoms with Crippen molar-refractivity contribution in [1.82, 2.24) is 4.90 Å². The summed E-state index contributed by atoms with van der Waals surface area (Å²) < 4.78 is 5.16. The minimum atomic E-state index is -0.167. The highest BCUT2D eigenvalue weighted by Gasteiger charge is 2.35. The van der Waals surface area contributed by atoms with Crippen LogP contribution in [-0.2, 0) is 11.3 Å². The van der Waals surface area contributed by atoms with E-state index in [0.29, 0.717) is 11.7 Å². The number of amidine groups is 1. The number of hydrogen-bond donors (Lipinski definition) is 0. The number of hydrogen-bond acceptors (Lipinski definition) is 5. The van der Waals surface area contributed by atoms with Crippen molar-refractivity contribution in [3.8, 4) is 5.75 Å². The van der Waals surface area contributed by atoms with Crippen molar-refractivity contribution in [2.45, 2.75) is 18.7 Å². The van der Waals surface area contributed by atoms with Gasteiger partial charge in [-0.1, -0.05) is 54.2 Å². The topological polar surface area (TPSA) is 54.3 Å². The van der Waals surface area contributed by atoms with Crippen molar-refractivity contribution >= 4 is 39.8 Å². The summed E-state index contributed by atoms with van der Waals surface area (Å²) in [5.41, 5.74) is 2.01. The number of nitrogens with zero attached hydrogens (tertiary/aromatic N) is 3. The third-order valence-corrected chi connectivity index (χ3v) is 5.87. The molecule has 0 spiro atoms. The van der Waals surface area contributed by atoms with E-state index in [4.69, 9.17) is 4.74 Å². The molecule has 1 fully saturated rings. The number of carbonyl (C=O) groups is 1. The van der Waals surface area contributed by atoms with Gasteiger partial charge in [0.2, 0.25) is 5.91 Å². The lowest BCUT2D eigenvalue weighted by Crippen LogP contribution is -2.30. The Morgan fingerprint density at radius 1 is 1.07 bits per heavy atom. The molecule has 0 aliphatic carbocycles. The average Bonchev–Trinajstić information content (AvgIpc) is 3.02. The molecule has 0 N–H and O–H groups in total. The first-order valence-electron chi connectivity index (χ1n) is 9.35. The smallest absolute Gasteiger partial charge is 0.242 e. The van der Waals surface area contributed by atoms with Crippen molar-refractivity contribution in [3.63, 3.8) is 0 Å². The number of amides is 1. The van der Waals surface area contributed by atoms with E-state index in [-0.39, 0.29) is 11.2 Å².